The van der Waals surface area contributed by atoms with E-state index in [2.05, 4.69) is 31.7 Å². The summed E-state index contributed by atoms with van der Waals surface area (Å²) in [5.74, 6) is 0. The molecule has 2 aromatic heterocycles. The summed E-state index contributed by atoms with van der Waals surface area (Å²) in [4.78, 5) is 15.2. The van der Waals surface area contributed by atoms with Gasteiger partial charge in [-0.15, -0.1) is 0 Å². The molecular formula is C8H9N3Se2. The molecule has 0 saturated carbocycles. The summed E-state index contributed by atoms with van der Waals surface area (Å²) in [6.07, 6.45) is 3.79. The van der Waals surface area contributed by atoms with Crippen LogP contribution >= 0.6 is 0 Å². The third-order valence-electron chi connectivity index (χ3n) is 1.62. The first-order chi connectivity index (χ1) is 6.42. The minimum atomic E-state index is 0.414. The molecule has 0 aliphatic carbocycles. The zero-order chi connectivity index (χ0) is 9.10. The maximum atomic E-state index is 4.34. The summed E-state index contributed by atoms with van der Waals surface area (Å²) in [5.41, 5.74) is 0. The first-order valence-electron chi connectivity index (χ1n) is 3.98. The quantitative estimate of drug-likeness (QED) is 0.784. The van der Waals surface area contributed by atoms with Crippen molar-refractivity contribution in [3.63, 3.8) is 0 Å². The number of aromatic nitrogens is 2. The second kappa shape index (κ2) is 4.25. The molecule has 13 heavy (non-hydrogen) atoms. The molecule has 0 N–H and O–H groups in total. The van der Waals surface area contributed by atoms with Crippen LogP contribution in [0.1, 0.15) is 6.92 Å². The molecule has 0 fully saturated rings. The Kier molecular flexibility index (Phi) is 3.01. The molecule has 2 rings (SSSR count). The van der Waals surface area contributed by atoms with Gasteiger partial charge in [-0.2, -0.15) is 0 Å². The molecule has 0 spiro atoms. The zero-order valence-electron chi connectivity index (χ0n) is 7.17. The number of hydrogen-bond donors (Lipinski definition) is 0. The van der Waals surface area contributed by atoms with Crippen LogP contribution in [0.25, 0.3) is 0 Å². The summed E-state index contributed by atoms with van der Waals surface area (Å²) in [6.45, 7) is 3.12. The maximum absolute atomic E-state index is 4.34. The van der Waals surface area contributed by atoms with Gasteiger partial charge in [0.1, 0.15) is 0 Å². The Morgan fingerprint density at radius 2 is 1.69 bits per heavy atom. The van der Waals surface area contributed by atoms with Crippen molar-refractivity contribution in [3.05, 3.63) is 22.3 Å². The van der Waals surface area contributed by atoms with Gasteiger partial charge in [-0.1, -0.05) is 0 Å². The average molecular weight is 305 g/mol. The van der Waals surface area contributed by atoms with Crippen LogP contribution in [0.2, 0.25) is 0 Å². The molecule has 0 radical (unpaired) electrons. The fourth-order valence-electron chi connectivity index (χ4n) is 1.05. The molecule has 3 nitrogen and oxygen atoms in total. The van der Waals surface area contributed by atoms with Gasteiger partial charge < -0.3 is 0 Å². The van der Waals surface area contributed by atoms with Crippen LogP contribution in [0.15, 0.2) is 22.3 Å². The first-order valence-corrected chi connectivity index (χ1v) is 7.67. The van der Waals surface area contributed by atoms with Crippen LogP contribution < -0.4 is 4.90 Å². The SMILES string of the molecule is CCN(c1ncc[se]1)c1ncc[se]1. The molecule has 0 bridgehead atoms. The van der Waals surface area contributed by atoms with Gasteiger partial charge >= 0.3 is 89.0 Å². The molecule has 5 heteroatoms. The van der Waals surface area contributed by atoms with E-state index in [0.29, 0.717) is 29.0 Å². The molecule has 2 aromatic rings. The van der Waals surface area contributed by atoms with Gasteiger partial charge in [0.05, 0.1) is 0 Å². The standard InChI is InChI=1S/C8H9N3Se2/c1-2-11(7-9-3-5-12-7)8-10-4-6-13-8/h3-6H,2H2,1H3. The molecule has 2 heterocycles. The van der Waals surface area contributed by atoms with E-state index < -0.39 is 0 Å². The van der Waals surface area contributed by atoms with Crippen molar-refractivity contribution in [2.75, 3.05) is 11.4 Å². The number of anilines is 2. The molecule has 68 valence electrons. The van der Waals surface area contributed by atoms with Gasteiger partial charge in [0.15, 0.2) is 0 Å². The topological polar surface area (TPSA) is 29.0 Å². The Morgan fingerprint density at radius 1 is 1.15 bits per heavy atom. The molecule has 0 aliphatic heterocycles. The minimum absolute atomic E-state index is 0.414. The van der Waals surface area contributed by atoms with Gasteiger partial charge in [-0.3, -0.25) is 0 Å². The van der Waals surface area contributed by atoms with Crippen molar-refractivity contribution >= 4 is 38.4 Å². The second-order valence-corrected chi connectivity index (χ2v) is 6.04. The van der Waals surface area contributed by atoms with E-state index in [1.54, 1.807) is 0 Å². The van der Waals surface area contributed by atoms with E-state index in [1.807, 2.05) is 12.4 Å². The van der Waals surface area contributed by atoms with Crippen LogP contribution in [0, 0.1) is 0 Å². The summed E-state index contributed by atoms with van der Waals surface area (Å²) in [6, 6.07) is 0. The fourth-order valence-corrected chi connectivity index (χ4v) is 4.31. The van der Waals surface area contributed by atoms with Gasteiger partial charge in [0.2, 0.25) is 0 Å². The molecule has 0 atom stereocenters. The Morgan fingerprint density at radius 3 is 2.00 bits per heavy atom. The van der Waals surface area contributed by atoms with E-state index in [1.165, 1.54) is 9.38 Å². The van der Waals surface area contributed by atoms with Gasteiger partial charge in [0, 0.05) is 0 Å². The van der Waals surface area contributed by atoms with Gasteiger partial charge in [-0.25, -0.2) is 0 Å². The third kappa shape index (κ3) is 1.94. The molecule has 0 unspecified atom stereocenters. The molecular weight excluding hydrogens is 296 g/mol. The van der Waals surface area contributed by atoms with E-state index in [-0.39, 0.29) is 0 Å². The van der Waals surface area contributed by atoms with Crippen LogP contribution in [-0.2, 0) is 0 Å². The van der Waals surface area contributed by atoms with Crippen LogP contribution in [-0.4, -0.2) is 45.5 Å². The van der Waals surface area contributed by atoms with Crippen LogP contribution in [0.3, 0.4) is 0 Å². The fraction of sp³-hybridized carbons (Fsp3) is 0.250. The van der Waals surface area contributed by atoms with E-state index in [9.17, 15) is 0 Å². The van der Waals surface area contributed by atoms with Crippen molar-refractivity contribution in [2.45, 2.75) is 6.92 Å². The molecule has 0 aliphatic rings. The summed E-state index contributed by atoms with van der Waals surface area (Å²) in [7, 11) is 0. The molecule has 0 saturated heterocycles. The molecule has 0 amide bonds. The van der Waals surface area contributed by atoms with Crippen LogP contribution in [0.4, 0.5) is 9.38 Å². The van der Waals surface area contributed by atoms with E-state index in [0.717, 1.165) is 6.54 Å². The number of hydrogen-bond acceptors (Lipinski definition) is 3. The Hall–Kier alpha value is -0.341. The van der Waals surface area contributed by atoms with Crippen molar-refractivity contribution < 1.29 is 0 Å². The predicted molar refractivity (Wildman–Crippen MR) is 55.0 cm³/mol. The van der Waals surface area contributed by atoms with E-state index in [4.69, 9.17) is 0 Å². The summed E-state index contributed by atoms with van der Waals surface area (Å²) in [5, 5.41) is 0. The Labute approximate surface area is 88.9 Å². The average Bonchev–Trinajstić information content (AvgIpc) is 2.76. The Bertz CT molecular complexity index is 307. The van der Waals surface area contributed by atoms with Gasteiger partial charge in [-0.05, 0) is 0 Å². The van der Waals surface area contributed by atoms with E-state index >= 15 is 0 Å². The first kappa shape index (κ1) is 9.22. The van der Waals surface area contributed by atoms with Gasteiger partial charge in [0.25, 0.3) is 0 Å². The van der Waals surface area contributed by atoms with Crippen molar-refractivity contribution in [3.8, 4) is 0 Å². The second-order valence-electron chi connectivity index (χ2n) is 2.37. The summed E-state index contributed by atoms with van der Waals surface area (Å²) >= 11 is 0.828. The van der Waals surface area contributed by atoms with Crippen LogP contribution in [0.5, 0.6) is 0 Å². The molecule has 0 aromatic carbocycles. The normalized spacial score (nSPS) is 10.2. The number of rotatable bonds is 3. The third-order valence-corrected chi connectivity index (χ3v) is 4.95. The predicted octanol–water partition coefficient (Wildman–Crippen LogP) is 0.749. The Balaban J connectivity index is 2.29. The van der Waals surface area contributed by atoms with Crippen molar-refractivity contribution in [1.29, 1.82) is 0 Å². The summed E-state index contributed by atoms with van der Waals surface area (Å²) < 4.78 is 2.39. The zero-order valence-corrected chi connectivity index (χ0v) is 10.6. The van der Waals surface area contributed by atoms with Crippen molar-refractivity contribution in [2.24, 2.45) is 0 Å². The van der Waals surface area contributed by atoms with Crippen molar-refractivity contribution in [1.82, 2.24) is 9.97 Å². The monoisotopic (exact) mass is 307 g/mol. The number of nitrogens with zero attached hydrogens (tertiary/aromatic N) is 3.